The summed E-state index contributed by atoms with van der Waals surface area (Å²) >= 11 is 5.80. The highest BCUT2D eigenvalue weighted by Gasteiger charge is 2.12. The molecular formula is C21H17ClN2O5S. The normalized spacial score (nSPS) is 10.9. The SMILES string of the molecule is CS(=O)(=O)c1ccc(C(=O)Oc2ccc(NC(=O)Nc3ccc(Cl)cc3)cc2)cc1. The summed E-state index contributed by atoms with van der Waals surface area (Å²) in [4.78, 5) is 24.4. The first kappa shape index (κ1) is 21.4. The van der Waals surface area contributed by atoms with Crippen molar-refractivity contribution in [2.24, 2.45) is 0 Å². The highest BCUT2D eigenvalue weighted by Crippen LogP contribution is 2.19. The standard InChI is InChI=1S/C21H17ClN2O5S/c1-30(27,28)19-12-2-14(3-13-19)20(25)29-18-10-8-17(9-11-18)24-21(26)23-16-6-4-15(22)5-7-16/h2-13H,1H3,(H2,23,24,26). The van der Waals surface area contributed by atoms with E-state index in [0.717, 1.165) is 6.26 Å². The molecule has 2 N–H and O–H groups in total. The highest BCUT2D eigenvalue weighted by molar-refractivity contribution is 7.90. The molecule has 0 atom stereocenters. The number of amides is 2. The van der Waals surface area contributed by atoms with Gasteiger partial charge < -0.3 is 15.4 Å². The minimum absolute atomic E-state index is 0.117. The zero-order valence-electron chi connectivity index (χ0n) is 15.8. The molecule has 0 radical (unpaired) electrons. The minimum atomic E-state index is -3.34. The van der Waals surface area contributed by atoms with Crippen LogP contribution in [0.1, 0.15) is 10.4 Å². The molecule has 0 aliphatic carbocycles. The van der Waals surface area contributed by atoms with Crippen LogP contribution in [0.4, 0.5) is 16.2 Å². The molecule has 0 bridgehead atoms. The Morgan fingerprint density at radius 2 is 1.30 bits per heavy atom. The third-order valence-corrected chi connectivity index (χ3v) is 5.32. The lowest BCUT2D eigenvalue weighted by atomic mass is 10.2. The number of anilines is 2. The van der Waals surface area contributed by atoms with Crippen LogP contribution < -0.4 is 15.4 Å². The Morgan fingerprint density at radius 1 is 0.800 bits per heavy atom. The third-order valence-electron chi connectivity index (χ3n) is 3.94. The Kier molecular flexibility index (Phi) is 6.39. The van der Waals surface area contributed by atoms with Gasteiger partial charge in [0.2, 0.25) is 0 Å². The van der Waals surface area contributed by atoms with E-state index in [1.807, 2.05) is 0 Å². The van der Waals surface area contributed by atoms with E-state index in [1.54, 1.807) is 36.4 Å². The second-order valence-corrected chi connectivity index (χ2v) is 8.75. The molecule has 0 saturated carbocycles. The molecule has 9 heteroatoms. The predicted molar refractivity (Wildman–Crippen MR) is 115 cm³/mol. The van der Waals surface area contributed by atoms with Crippen LogP contribution in [0.3, 0.4) is 0 Å². The number of hydrogen-bond acceptors (Lipinski definition) is 5. The van der Waals surface area contributed by atoms with Crippen molar-refractivity contribution >= 4 is 44.8 Å². The molecule has 3 aromatic rings. The molecule has 0 aromatic heterocycles. The van der Waals surface area contributed by atoms with Gasteiger partial charge >= 0.3 is 12.0 Å². The van der Waals surface area contributed by atoms with Crippen molar-refractivity contribution in [2.75, 3.05) is 16.9 Å². The zero-order valence-corrected chi connectivity index (χ0v) is 17.3. The molecule has 0 aliphatic heterocycles. The first-order valence-electron chi connectivity index (χ1n) is 8.67. The first-order valence-corrected chi connectivity index (χ1v) is 10.9. The number of benzene rings is 3. The number of carbonyl (C=O) groups is 2. The Bertz CT molecular complexity index is 1160. The highest BCUT2D eigenvalue weighted by atomic mass is 35.5. The summed E-state index contributed by atoms with van der Waals surface area (Å²) in [7, 11) is -3.34. The fourth-order valence-corrected chi connectivity index (χ4v) is 3.19. The smallest absolute Gasteiger partial charge is 0.343 e. The fourth-order valence-electron chi connectivity index (χ4n) is 2.44. The van der Waals surface area contributed by atoms with E-state index in [1.165, 1.54) is 36.4 Å². The van der Waals surface area contributed by atoms with Crippen LogP contribution in [0.5, 0.6) is 5.75 Å². The summed E-state index contributed by atoms with van der Waals surface area (Å²) in [5, 5.41) is 5.89. The van der Waals surface area contributed by atoms with Crippen LogP contribution in [0.25, 0.3) is 0 Å². The van der Waals surface area contributed by atoms with Crippen molar-refractivity contribution in [2.45, 2.75) is 4.90 Å². The van der Waals surface area contributed by atoms with Crippen molar-refractivity contribution in [3.05, 3.63) is 83.4 Å². The average molecular weight is 445 g/mol. The van der Waals surface area contributed by atoms with Gasteiger partial charge in [-0.25, -0.2) is 18.0 Å². The zero-order chi connectivity index (χ0) is 21.7. The van der Waals surface area contributed by atoms with Crippen LogP contribution in [-0.2, 0) is 9.84 Å². The van der Waals surface area contributed by atoms with Crippen LogP contribution >= 0.6 is 11.6 Å². The van der Waals surface area contributed by atoms with Crippen molar-refractivity contribution in [1.29, 1.82) is 0 Å². The number of esters is 1. The molecule has 0 aliphatic rings. The molecule has 3 rings (SSSR count). The molecule has 0 fully saturated rings. The summed E-state index contributed by atoms with van der Waals surface area (Å²) in [6.07, 6.45) is 1.09. The van der Waals surface area contributed by atoms with Crippen LogP contribution in [0, 0.1) is 0 Å². The largest absolute Gasteiger partial charge is 0.423 e. The number of urea groups is 1. The van der Waals surface area contributed by atoms with Crippen LogP contribution in [0.2, 0.25) is 5.02 Å². The predicted octanol–water partition coefficient (Wildman–Crippen LogP) is 4.61. The van der Waals surface area contributed by atoms with E-state index in [0.29, 0.717) is 16.4 Å². The molecule has 0 spiro atoms. The van der Waals surface area contributed by atoms with Gasteiger partial charge in [0.15, 0.2) is 9.84 Å². The number of rotatable bonds is 5. The molecule has 30 heavy (non-hydrogen) atoms. The molecule has 3 aromatic carbocycles. The van der Waals surface area contributed by atoms with Gasteiger partial charge in [0, 0.05) is 22.7 Å². The number of ether oxygens (including phenoxy) is 1. The third kappa shape index (κ3) is 5.82. The summed E-state index contributed by atoms with van der Waals surface area (Å²) in [6, 6.07) is 17.9. The van der Waals surface area contributed by atoms with Gasteiger partial charge in [0.25, 0.3) is 0 Å². The Hall–Kier alpha value is -3.36. The van der Waals surface area contributed by atoms with Crippen LogP contribution in [0.15, 0.2) is 77.7 Å². The van der Waals surface area contributed by atoms with Gasteiger partial charge in [-0.05, 0) is 72.8 Å². The first-order chi connectivity index (χ1) is 14.2. The summed E-state index contributed by atoms with van der Waals surface area (Å²) in [6.45, 7) is 0. The molecule has 2 amide bonds. The maximum absolute atomic E-state index is 12.2. The van der Waals surface area contributed by atoms with E-state index in [4.69, 9.17) is 16.3 Å². The second kappa shape index (κ2) is 8.98. The van der Waals surface area contributed by atoms with E-state index in [-0.39, 0.29) is 16.2 Å². The maximum atomic E-state index is 12.2. The van der Waals surface area contributed by atoms with Gasteiger partial charge in [-0.2, -0.15) is 0 Å². The summed E-state index contributed by atoms with van der Waals surface area (Å²) in [5.41, 5.74) is 1.30. The summed E-state index contributed by atoms with van der Waals surface area (Å²) in [5.74, 6) is -0.355. The summed E-state index contributed by atoms with van der Waals surface area (Å²) < 4.78 is 28.2. The van der Waals surface area contributed by atoms with Crippen molar-refractivity contribution < 1.29 is 22.7 Å². The van der Waals surface area contributed by atoms with E-state index in [9.17, 15) is 18.0 Å². The average Bonchev–Trinajstić information content (AvgIpc) is 2.70. The monoisotopic (exact) mass is 444 g/mol. The topological polar surface area (TPSA) is 102 Å². The van der Waals surface area contributed by atoms with Gasteiger partial charge in [-0.15, -0.1) is 0 Å². The Labute approximate surface area is 178 Å². The maximum Gasteiger partial charge on any atom is 0.343 e. The lowest BCUT2D eigenvalue weighted by Gasteiger charge is -2.09. The van der Waals surface area contributed by atoms with Gasteiger partial charge in [0.05, 0.1) is 10.5 Å². The van der Waals surface area contributed by atoms with E-state index < -0.39 is 21.8 Å². The molecular weight excluding hydrogens is 428 g/mol. The molecule has 0 saturated heterocycles. The van der Waals surface area contributed by atoms with Crippen LogP contribution in [-0.4, -0.2) is 26.7 Å². The van der Waals surface area contributed by atoms with Crippen molar-refractivity contribution in [1.82, 2.24) is 0 Å². The van der Waals surface area contributed by atoms with E-state index >= 15 is 0 Å². The molecule has 7 nitrogen and oxygen atoms in total. The molecule has 0 heterocycles. The number of carbonyl (C=O) groups excluding carboxylic acids is 2. The minimum Gasteiger partial charge on any atom is -0.423 e. The molecule has 154 valence electrons. The quantitative estimate of drug-likeness (QED) is 0.442. The van der Waals surface area contributed by atoms with Gasteiger partial charge in [-0.1, -0.05) is 11.6 Å². The van der Waals surface area contributed by atoms with Crippen molar-refractivity contribution in [3.63, 3.8) is 0 Å². The number of nitrogens with one attached hydrogen (secondary N) is 2. The van der Waals surface area contributed by atoms with Gasteiger partial charge in [-0.3, -0.25) is 0 Å². The number of sulfone groups is 1. The Morgan fingerprint density at radius 3 is 1.80 bits per heavy atom. The second-order valence-electron chi connectivity index (χ2n) is 6.30. The number of halogens is 1. The van der Waals surface area contributed by atoms with Crippen molar-refractivity contribution in [3.8, 4) is 5.75 Å². The molecule has 0 unspecified atom stereocenters. The lowest BCUT2D eigenvalue weighted by molar-refractivity contribution is 0.0734. The van der Waals surface area contributed by atoms with E-state index in [2.05, 4.69) is 10.6 Å². The number of hydrogen-bond donors (Lipinski definition) is 2. The van der Waals surface area contributed by atoms with Gasteiger partial charge in [0.1, 0.15) is 5.75 Å². The fraction of sp³-hybridized carbons (Fsp3) is 0.0476. The Balaban J connectivity index is 1.58. The lowest BCUT2D eigenvalue weighted by Crippen LogP contribution is -2.19.